The second-order valence-electron chi connectivity index (χ2n) is 5.28. The predicted molar refractivity (Wildman–Crippen MR) is 86.6 cm³/mol. The Morgan fingerprint density at radius 1 is 1.19 bits per heavy atom. The highest BCUT2D eigenvalue weighted by Gasteiger charge is 2.14. The highest BCUT2D eigenvalue weighted by molar-refractivity contribution is 5.95. The summed E-state index contributed by atoms with van der Waals surface area (Å²) in [6.07, 6.45) is 2.46. The molecule has 0 atom stereocenters. The molecule has 1 aromatic carbocycles. The number of anilines is 1. The normalized spacial score (nSPS) is 11.0. The van der Waals surface area contributed by atoms with Gasteiger partial charge in [-0.15, -0.1) is 0 Å². The Hall–Kier alpha value is -2.10. The van der Waals surface area contributed by atoms with Gasteiger partial charge >= 0.3 is 0 Å². The molecule has 0 saturated carbocycles. The summed E-state index contributed by atoms with van der Waals surface area (Å²) in [4.78, 5) is 26.6. The minimum Gasteiger partial charge on any atom is -0.326 e. The summed E-state index contributed by atoms with van der Waals surface area (Å²) < 4.78 is 0. The molecule has 4 heteroatoms. The van der Waals surface area contributed by atoms with Crippen molar-refractivity contribution in [1.29, 1.82) is 0 Å². The first-order valence-corrected chi connectivity index (χ1v) is 7.55. The molecule has 0 fully saturated rings. The molecule has 0 aliphatic heterocycles. The number of benzene rings is 1. The van der Waals surface area contributed by atoms with Gasteiger partial charge in [0.05, 0.1) is 5.52 Å². The average molecular weight is 286 g/mol. The van der Waals surface area contributed by atoms with Crippen molar-refractivity contribution in [1.82, 2.24) is 4.98 Å². The van der Waals surface area contributed by atoms with E-state index in [9.17, 15) is 9.59 Å². The van der Waals surface area contributed by atoms with Gasteiger partial charge in [0.2, 0.25) is 11.5 Å². The van der Waals surface area contributed by atoms with E-state index < -0.39 is 0 Å². The molecule has 21 heavy (non-hydrogen) atoms. The molecule has 112 valence electrons. The van der Waals surface area contributed by atoms with Crippen LogP contribution in [0.4, 0.5) is 5.69 Å². The zero-order valence-corrected chi connectivity index (χ0v) is 12.8. The van der Waals surface area contributed by atoms with Gasteiger partial charge in [-0.25, -0.2) is 0 Å². The van der Waals surface area contributed by atoms with Crippen LogP contribution in [0.3, 0.4) is 0 Å². The van der Waals surface area contributed by atoms with E-state index in [0.717, 1.165) is 41.4 Å². The van der Waals surface area contributed by atoms with Gasteiger partial charge in [-0.05, 0) is 37.0 Å². The first-order chi connectivity index (χ1) is 10.1. The summed E-state index contributed by atoms with van der Waals surface area (Å²) in [6.45, 7) is 6.05. The van der Waals surface area contributed by atoms with Crippen LogP contribution in [0.25, 0.3) is 10.9 Å². The lowest BCUT2D eigenvalue weighted by molar-refractivity contribution is -0.120. The van der Waals surface area contributed by atoms with E-state index in [1.807, 2.05) is 39.0 Å². The van der Waals surface area contributed by atoms with Crippen LogP contribution in [-0.4, -0.2) is 10.9 Å². The minimum absolute atomic E-state index is 0.0294. The van der Waals surface area contributed by atoms with Gasteiger partial charge in [0.15, 0.2) is 0 Å². The number of carbonyl (C=O) groups excluding carboxylic acids is 1. The maximum atomic E-state index is 12.1. The fourth-order valence-electron chi connectivity index (χ4n) is 2.61. The molecule has 0 aliphatic rings. The smallest absolute Gasteiger partial charge is 0.248 e. The summed E-state index contributed by atoms with van der Waals surface area (Å²) in [7, 11) is 0. The molecular formula is C17H22N2O2. The van der Waals surface area contributed by atoms with Crippen molar-refractivity contribution in [2.75, 3.05) is 5.32 Å². The molecule has 4 nitrogen and oxygen atoms in total. The van der Waals surface area contributed by atoms with Crippen LogP contribution in [0.1, 0.15) is 39.2 Å². The third-order valence-corrected chi connectivity index (χ3v) is 3.93. The zero-order chi connectivity index (χ0) is 15.4. The third-order valence-electron chi connectivity index (χ3n) is 3.93. The fraction of sp³-hybridized carbons (Fsp3) is 0.412. The van der Waals surface area contributed by atoms with Crippen molar-refractivity contribution in [3.05, 3.63) is 40.2 Å². The van der Waals surface area contributed by atoms with E-state index in [1.165, 1.54) is 0 Å². The second-order valence-corrected chi connectivity index (χ2v) is 5.28. The van der Waals surface area contributed by atoms with Crippen molar-refractivity contribution in [2.24, 2.45) is 5.92 Å². The summed E-state index contributed by atoms with van der Waals surface area (Å²) in [5.41, 5.74) is 2.40. The molecule has 2 rings (SSSR count). The number of aromatic nitrogens is 1. The van der Waals surface area contributed by atoms with E-state index >= 15 is 0 Å². The minimum atomic E-state index is -0.109. The molecule has 0 unspecified atom stereocenters. The number of aromatic amines is 1. The maximum Gasteiger partial charge on any atom is 0.248 e. The molecule has 2 aromatic rings. The third kappa shape index (κ3) is 3.32. The molecule has 1 aromatic heterocycles. The predicted octanol–water partition coefficient (Wildman–Crippen LogP) is 3.47. The Morgan fingerprint density at radius 3 is 2.52 bits per heavy atom. The number of nitrogens with one attached hydrogen (secondary N) is 2. The van der Waals surface area contributed by atoms with Gasteiger partial charge < -0.3 is 10.3 Å². The second kappa shape index (κ2) is 6.57. The van der Waals surface area contributed by atoms with Crippen LogP contribution in [0.15, 0.2) is 29.1 Å². The van der Waals surface area contributed by atoms with Crippen LogP contribution < -0.4 is 10.9 Å². The number of H-pyrrole nitrogens is 1. The van der Waals surface area contributed by atoms with Crippen LogP contribution in [0.5, 0.6) is 0 Å². The average Bonchev–Trinajstić information content (AvgIpc) is 2.47. The van der Waals surface area contributed by atoms with E-state index in [4.69, 9.17) is 0 Å². The number of hydrogen-bond acceptors (Lipinski definition) is 2. The van der Waals surface area contributed by atoms with Gasteiger partial charge in [-0.2, -0.15) is 0 Å². The summed E-state index contributed by atoms with van der Waals surface area (Å²) >= 11 is 0. The standard InChI is InChI=1S/C17H22N2O2/c1-4-11(5-2)17(21)18-13-7-8-14-12(6-3)9-16(20)19-15(14)10-13/h7-11H,4-6H2,1-3H3,(H,18,21)(H,19,20). The number of carbonyl (C=O) groups is 1. The first kappa shape index (κ1) is 15.3. The number of hydrogen-bond donors (Lipinski definition) is 2. The van der Waals surface area contributed by atoms with Crippen LogP contribution >= 0.6 is 0 Å². The number of fused-ring (bicyclic) bond motifs is 1. The van der Waals surface area contributed by atoms with E-state index in [1.54, 1.807) is 6.07 Å². The Balaban J connectivity index is 2.35. The Bertz CT molecular complexity index is 699. The number of aryl methyl sites for hydroxylation is 1. The first-order valence-electron chi connectivity index (χ1n) is 7.55. The van der Waals surface area contributed by atoms with Gasteiger partial charge in [0.1, 0.15) is 0 Å². The fourth-order valence-corrected chi connectivity index (χ4v) is 2.61. The summed E-state index contributed by atoms with van der Waals surface area (Å²) in [6, 6.07) is 7.30. The molecule has 0 saturated heterocycles. The molecule has 0 spiro atoms. The van der Waals surface area contributed by atoms with E-state index in [-0.39, 0.29) is 17.4 Å². The largest absolute Gasteiger partial charge is 0.326 e. The molecule has 1 amide bonds. The van der Waals surface area contributed by atoms with Crippen molar-refractivity contribution in [2.45, 2.75) is 40.0 Å². The number of rotatable bonds is 5. The van der Waals surface area contributed by atoms with Crippen LogP contribution in [0, 0.1) is 5.92 Å². The monoisotopic (exact) mass is 286 g/mol. The molecule has 2 N–H and O–H groups in total. The Morgan fingerprint density at radius 2 is 1.90 bits per heavy atom. The maximum absolute atomic E-state index is 12.1. The molecule has 0 bridgehead atoms. The van der Waals surface area contributed by atoms with Crippen molar-refractivity contribution >= 4 is 22.5 Å². The van der Waals surface area contributed by atoms with Crippen molar-refractivity contribution < 1.29 is 4.79 Å². The van der Waals surface area contributed by atoms with Gasteiger partial charge in [-0.1, -0.05) is 26.8 Å². The molecule has 1 heterocycles. The summed E-state index contributed by atoms with van der Waals surface area (Å²) in [5, 5.41) is 3.96. The Labute approximate surface area is 124 Å². The topological polar surface area (TPSA) is 62.0 Å². The van der Waals surface area contributed by atoms with Gasteiger partial charge in [-0.3, -0.25) is 9.59 Å². The molecule has 0 radical (unpaired) electrons. The Kier molecular flexibility index (Phi) is 4.78. The zero-order valence-electron chi connectivity index (χ0n) is 12.8. The lowest BCUT2D eigenvalue weighted by atomic mass is 10.0. The molecule has 0 aliphatic carbocycles. The van der Waals surface area contributed by atoms with Crippen molar-refractivity contribution in [3.8, 4) is 0 Å². The lowest BCUT2D eigenvalue weighted by Gasteiger charge is -2.13. The molecular weight excluding hydrogens is 264 g/mol. The van der Waals surface area contributed by atoms with E-state index in [2.05, 4.69) is 10.3 Å². The van der Waals surface area contributed by atoms with Crippen LogP contribution in [0.2, 0.25) is 0 Å². The SMILES string of the molecule is CCc1cc(=O)[nH]c2cc(NC(=O)C(CC)CC)ccc12. The highest BCUT2D eigenvalue weighted by atomic mass is 16.2. The van der Waals surface area contributed by atoms with Gasteiger partial charge in [0, 0.05) is 23.1 Å². The summed E-state index contributed by atoms with van der Waals surface area (Å²) in [5.74, 6) is 0.0649. The number of amides is 1. The quantitative estimate of drug-likeness (QED) is 0.884. The highest BCUT2D eigenvalue weighted by Crippen LogP contribution is 2.21. The number of pyridine rings is 1. The van der Waals surface area contributed by atoms with Crippen molar-refractivity contribution in [3.63, 3.8) is 0 Å². The van der Waals surface area contributed by atoms with Crippen LogP contribution in [-0.2, 0) is 11.2 Å². The van der Waals surface area contributed by atoms with E-state index in [0.29, 0.717) is 0 Å². The van der Waals surface area contributed by atoms with Gasteiger partial charge in [0.25, 0.3) is 0 Å². The lowest BCUT2D eigenvalue weighted by Crippen LogP contribution is -2.21.